The van der Waals surface area contributed by atoms with Gasteiger partial charge in [-0.3, -0.25) is 4.90 Å². The number of halogens is 1. The molecule has 33 heavy (non-hydrogen) atoms. The summed E-state index contributed by atoms with van der Waals surface area (Å²) in [4.78, 5) is 2.40. The molecular formula is C26H27FN2O3S. The molecule has 0 amide bonds. The number of nitrogens with zero attached hydrogens (tertiary/aromatic N) is 2. The minimum Gasteiger partial charge on any atom is -0.497 e. The predicted molar refractivity (Wildman–Crippen MR) is 125 cm³/mol. The van der Waals surface area contributed by atoms with Gasteiger partial charge in [-0.1, -0.05) is 42.5 Å². The Morgan fingerprint density at radius 3 is 2.52 bits per heavy atom. The van der Waals surface area contributed by atoms with Crippen LogP contribution >= 0.6 is 0 Å². The summed E-state index contributed by atoms with van der Waals surface area (Å²) < 4.78 is 47.5. The molecule has 0 spiro atoms. The lowest BCUT2D eigenvalue weighted by Crippen LogP contribution is -2.35. The summed E-state index contributed by atoms with van der Waals surface area (Å²) in [6, 6.07) is 21.5. The summed E-state index contributed by atoms with van der Waals surface area (Å²) in [6.07, 6.45) is 0. The third kappa shape index (κ3) is 4.40. The molecule has 2 unspecified atom stereocenters. The highest BCUT2D eigenvalue weighted by atomic mass is 32.2. The number of methoxy groups -OCH3 is 1. The highest BCUT2D eigenvalue weighted by Gasteiger charge is 2.41. The summed E-state index contributed by atoms with van der Waals surface area (Å²) in [7, 11) is -2.16. The van der Waals surface area contributed by atoms with E-state index < -0.39 is 15.8 Å². The standard InChI is InChI=1S/C26H27FN2O3S/c1-32-23-11-9-19(10-12-23)14-28-15-21-17-29(33(30,31)24-7-4-6-22(27)13-24)16-20-5-2-3-8-25(20)26(21)18-28/h2-13,21,26H,14-18H2,1H3. The second-order valence-electron chi connectivity index (χ2n) is 8.86. The third-order valence-corrected chi connectivity index (χ3v) is 8.56. The van der Waals surface area contributed by atoms with Crippen molar-refractivity contribution >= 4 is 10.0 Å². The maximum absolute atomic E-state index is 13.8. The molecule has 1 saturated heterocycles. The smallest absolute Gasteiger partial charge is 0.243 e. The zero-order chi connectivity index (χ0) is 23.0. The molecule has 0 aromatic heterocycles. The Morgan fingerprint density at radius 2 is 1.76 bits per heavy atom. The van der Waals surface area contributed by atoms with Crippen molar-refractivity contribution in [2.24, 2.45) is 5.92 Å². The second-order valence-corrected chi connectivity index (χ2v) is 10.8. The summed E-state index contributed by atoms with van der Waals surface area (Å²) in [5, 5.41) is 0. The van der Waals surface area contributed by atoms with Crippen LogP contribution in [0, 0.1) is 11.7 Å². The van der Waals surface area contributed by atoms with Crippen LogP contribution in [-0.2, 0) is 23.1 Å². The second kappa shape index (κ2) is 8.89. The van der Waals surface area contributed by atoms with Gasteiger partial charge in [0.2, 0.25) is 10.0 Å². The van der Waals surface area contributed by atoms with Crippen LogP contribution in [0.2, 0.25) is 0 Å². The van der Waals surface area contributed by atoms with Crippen molar-refractivity contribution < 1.29 is 17.5 Å². The molecule has 2 aliphatic heterocycles. The van der Waals surface area contributed by atoms with Crippen LogP contribution < -0.4 is 4.74 Å². The van der Waals surface area contributed by atoms with Gasteiger partial charge in [0.1, 0.15) is 11.6 Å². The van der Waals surface area contributed by atoms with Gasteiger partial charge < -0.3 is 4.74 Å². The molecule has 5 nitrogen and oxygen atoms in total. The van der Waals surface area contributed by atoms with Gasteiger partial charge in [0, 0.05) is 38.6 Å². The van der Waals surface area contributed by atoms with Gasteiger partial charge in [0.15, 0.2) is 0 Å². The molecule has 0 bridgehead atoms. The Kier molecular flexibility index (Phi) is 5.95. The first-order valence-electron chi connectivity index (χ1n) is 11.1. The van der Waals surface area contributed by atoms with Gasteiger partial charge in [0.25, 0.3) is 0 Å². The Hall–Kier alpha value is -2.74. The normalized spacial score (nSPS) is 21.3. The molecule has 0 radical (unpaired) electrons. The minimum absolute atomic E-state index is 0.00603. The number of ether oxygens (including phenoxy) is 1. The van der Waals surface area contributed by atoms with E-state index in [9.17, 15) is 12.8 Å². The van der Waals surface area contributed by atoms with E-state index in [1.54, 1.807) is 7.11 Å². The number of sulfonamides is 1. The monoisotopic (exact) mass is 466 g/mol. The van der Waals surface area contributed by atoms with Crippen molar-refractivity contribution in [1.82, 2.24) is 9.21 Å². The highest BCUT2D eigenvalue weighted by Crippen LogP contribution is 2.40. The molecule has 7 heteroatoms. The van der Waals surface area contributed by atoms with Crippen LogP contribution in [0.25, 0.3) is 0 Å². The Morgan fingerprint density at radius 1 is 0.970 bits per heavy atom. The van der Waals surface area contributed by atoms with Crippen LogP contribution in [0.3, 0.4) is 0 Å². The molecule has 1 fully saturated rings. The number of rotatable bonds is 5. The molecule has 0 N–H and O–H groups in total. The molecule has 0 saturated carbocycles. The fraction of sp³-hybridized carbons (Fsp3) is 0.308. The number of benzene rings is 3. The van der Waals surface area contributed by atoms with Gasteiger partial charge in [-0.25, -0.2) is 12.8 Å². The van der Waals surface area contributed by atoms with Crippen LogP contribution in [-0.4, -0.2) is 44.4 Å². The first-order chi connectivity index (χ1) is 15.9. The van der Waals surface area contributed by atoms with Crippen molar-refractivity contribution in [3.63, 3.8) is 0 Å². The van der Waals surface area contributed by atoms with Gasteiger partial charge in [0.05, 0.1) is 12.0 Å². The van der Waals surface area contributed by atoms with Gasteiger partial charge >= 0.3 is 0 Å². The zero-order valence-electron chi connectivity index (χ0n) is 18.5. The molecule has 3 aromatic rings. The van der Waals surface area contributed by atoms with Crippen LogP contribution in [0.5, 0.6) is 5.75 Å². The van der Waals surface area contributed by atoms with E-state index in [1.807, 2.05) is 30.3 Å². The number of likely N-dealkylation sites (tertiary alicyclic amines) is 1. The van der Waals surface area contributed by atoms with Crippen LogP contribution in [0.1, 0.15) is 22.6 Å². The SMILES string of the molecule is COc1ccc(CN2CC3CN(S(=O)(=O)c4cccc(F)c4)Cc4ccccc4C3C2)cc1. The molecule has 172 valence electrons. The van der Waals surface area contributed by atoms with Gasteiger partial charge in [-0.05, 0) is 52.9 Å². The van der Waals surface area contributed by atoms with Crippen molar-refractivity contribution in [3.8, 4) is 5.75 Å². The Labute approximate surface area is 194 Å². The number of fused-ring (bicyclic) bond motifs is 3. The molecule has 5 rings (SSSR count). The average Bonchev–Trinajstić information content (AvgIpc) is 3.14. The van der Waals surface area contributed by atoms with E-state index in [4.69, 9.17) is 4.74 Å². The van der Waals surface area contributed by atoms with Gasteiger partial charge in [-0.2, -0.15) is 4.31 Å². The van der Waals surface area contributed by atoms with E-state index in [1.165, 1.54) is 33.6 Å². The van der Waals surface area contributed by atoms with Crippen LogP contribution in [0.15, 0.2) is 77.7 Å². The molecule has 2 heterocycles. The Bertz CT molecular complexity index is 1250. The van der Waals surface area contributed by atoms with E-state index in [-0.39, 0.29) is 16.7 Å². The summed E-state index contributed by atoms with van der Waals surface area (Å²) in [5.74, 6) is 0.704. The van der Waals surface area contributed by atoms with Crippen LogP contribution in [0.4, 0.5) is 4.39 Å². The fourth-order valence-electron chi connectivity index (χ4n) is 5.13. The molecule has 3 aromatic carbocycles. The van der Waals surface area contributed by atoms with E-state index >= 15 is 0 Å². The predicted octanol–water partition coefficient (Wildman–Crippen LogP) is 4.25. The molecule has 2 atom stereocenters. The number of hydrogen-bond acceptors (Lipinski definition) is 4. The van der Waals surface area contributed by atoms with Crippen molar-refractivity contribution in [3.05, 3.63) is 95.3 Å². The maximum atomic E-state index is 13.8. The zero-order valence-corrected chi connectivity index (χ0v) is 19.3. The first kappa shape index (κ1) is 22.1. The van der Waals surface area contributed by atoms with Crippen molar-refractivity contribution in [2.45, 2.75) is 23.9 Å². The maximum Gasteiger partial charge on any atom is 0.243 e. The summed E-state index contributed by atoms with van der Waals surface area (Å²) >= 11 is 0. The summed E-state index contributed by atoms with van der Waals surface area (Å²) in [5.41, 5.74) is 3.44. The first-order valence-corrected chi connectivity index (χ1v) is 12.6. The Balaban J connectivity index is 1.43. The van der Waals surface area contributed by atoms with E-state index in [2.05, 4.69) is 23.1 Å². The highest BCUT2D eigenvalue weighted by molar-refractivity contribution is 7.89. The summed E-state index contributed by atoms with van der Waals surface area (Å²) in [6.45, 7) is 3.20. The van der Waals surface area contributed by atoms with Crippen molar-refractivity contribution in [2.75, 3.05) is 26.7 Å². The largest absolute Gasteiger partial charge is 0.497 e. The fourth-order valence-corrected chi connectivity index (χ4v) is 6.64. The van der Waals surface area contributed by atoms with Gasteiger partial charge in [-0.15, -0.1) is 0 Å². The topological polar surface area (TPSA) is 49.9 Å². The molecular weight excluding hydrogens is 439 g/mol. The molecule has 0 aliphatic carbocycles. The quantitative estimate of drug-likeness (QED) is 0.564. The van der Waals surface area contributed by atoms with E-state index in [0.29, 0.717) is 13.1 Å². The average molecular weight is 467 g/mol. The van der Waals surface area contributed by atoms with Crippen molar-refractivity contribution in [1.29, 1.82) is 0 Å². The lowest BCUT2D eigenvalue weighted by atomic mass is 9.87. The lowest BCUT2D eigenvalue weighted by molar-refractivity contribution is 0.293. The third-order valence-electron chi connectivity index (χ3n) is 6.76. The van der Waals surface area contributed by atoms with E-state index in [0.717, 1.165) is 37.0 Å². The molecule has 2 aliphatic rings. The lowest BCUT2D eigenvalue weighted by Gasteiger charge is -2.24. The number of hydrogen-bond donors (Lipinski definition) is 0. The minimum atomic E-state index is -3.81.